The normalized spacial score (nSPS) is 11.0. The molecule has 0 aliphatic rings. The third-order valence-electron chi connectivity index (χ3n) is 3.40. The van der Waals surface area contributed by atoms with Crippen molar-refractivity contribution < 1.29 is 4.92 Å². The largest absolute Gasteiger partial charge is 0.325 e. The number of benzene rings is 1. The number of nitro benzene ring substituents is 1. The summed E-state index contributed by atoms with van der Waals surface area (Å²) < 4.78 is 1.92. The number of non-ortho nitro benzene ring substituents is 1. The number of nitro groups is 1. The highest BCUT2D eigenvalue weighted by Crippen LogP contribution is 2.27. The Kier molecular flexibility index (Phi) is 3.15. The molecule has 3 aromatic rings. The van der Waals surface area contributed by atoms with Gasteiger partial charge >= 0.3 is 0 Å². The first-order valence-corrected chi connectivity index (χ1v) is 6.52. The second kappa shape index (κ2) is 4.99. The number of aryl methyl sites for hydroxylation is 1. The number of rotatable bonds is 3. The third-order valence-corrected chi connectivity index (χ3v) is 3.40. The molecule has 0 spiro atoms. The molecule has 3 rings (SSSR count). The van der Waals surface area contributed by atoms with Crippen molar-refractivity contribution in [2.24, 2.45) is 5.73 Å². The van der Waals surface area contributed by atoms with Gasteiger partial charge in [0.2, 0.25) is 0 Å². The van der Waals surface area contributed by atoms with Gasteiger partial charge in [-0.05, 0) is 24.6 Å². The Balaban J connectivity index is 2.24. The van der Waals surface area contributed by atoms with Crippen LogP contribution in [0, 0.1) is 17.0 Å². The van der Waals surface area contributed by atoms with Crippen molar-refractivity contribution in [2.75, 3.05) is 0 Å². The van der Waals surface area contributed by atoms with Crippen molar-refractivity contribution >= 4 is 11.3 Å². The number of imidazole rings is 1. The number of fused-ring (bicyclic) bond motifs is 1. The van der Waals surface area contributed by atoms with Crippen molar-refractivity contribution in [1.82, 2.24) is 9.38 Å². The van der Waals surface area contributed by atoms with E-state index in [1.807, 2.05) is 29.7 Å². The number of hydrogen-bond acceptors (Lipinski definition) is 4. The Hall–Kier alpha value is -2.73. The SMILES string of the molecule is Cc1ccn2c(CN)c(-c3cccc([N+](=O)[O-])c3)nc2c1. The molecule has 0 bridgehead atoms. The molecule has 0 fully saturated rings. The smallest absolute Gasteiger partial charge is 0.270 e. The molecular formula is C15H14N4O2. The van der Waals surface area contributed by atoms with E-state index in [4.69, 9.17) is 5.73 Å². The number of nitrogens with zero attached hydrogens (tertiary/aromatic N) is 3. The van der Waals surface area contributed by atoms with Gasteiger partial charge in [0, 0.05) is 30.4 Å². The van der Waals surface area contributed by atoms with Gasteiger partial charge in [0.15, 0.2) is 0 Å². The van der Waals surface area contributed by atoms with Crippen LogP contribution in [-0.2, 0) is 6.54 Å². The van der Waals surface area contributed by atoms with E-state index in [2.05, 4.69) is 4.98 Å². The monoisotopic (exact) mass is 282 g/mol. The first-order chi connectivity index (χ1) is 10.1. The predicted molar refractivity (Wildman–Crippen MR) is 79.9 cm³/mol. The molecule has 0 aliphatic heterocycles. The Bertz CT molecular complexity index is 839. The molecule has 106 valence electrons. The van der Waals surface area contributed by atoms with Gasteiger partial charge in [-0.1, -0.05) is 12.1 Å². The summed E-state index contributed by atoms with van der Waals surface area (Å²) in [4.78, 5) is 15.1. The van der Waals surface area contributed by atoms with Crippen molar-refractivity contribution in [1.29, 1.82) is 0 Å². The van der Waals surface area contributed by atoms with E-state index in [9.17, 15) is 10.1 Å². The third kappa shape index (κ3) is 2.25. The summed E-state index contributed by atoms with van der Waals surface area (Å²) in [6, 6.07) is 10.4. The molecule has 0 unspecified atom stereocenters. The zero-order valence-corrected chi connectivity index (χ0v) is 11.5. The van der Waals surface area contributed by atoms with Gasteiger partial charge in [-0.15, -0.1) is 0 Å². The fourth-order valence-electron chi connectivity index (χ4n) is 2.39. The van der Waals surface area contributed by atoms with Crippen molar-refractivity contribution in [3.05, 3.63) is 64.0 Å². The van der Waals surface area contributed by atoms with Gasteiger partial charge in [-0.3, -0.25) is 10.1 Å². The fraction of sp³-hybridized carbons (Fsp3) is 0.133. The zero-order valence-electron chi connectivity index (χ0n) is 11.5. The minimum absolute atomic E-state index is 0.0451. The van der Waals surface area contributed by atoms with Gasteiger partial charge in [0.05, 0.1) is 16.3 Å². The van der Waals surface area contributed by atoms with Crippen LogP contribution in [0.15, 0.2) is 42.6 Å². The van der Waals surface area contributed by atoms with Crippen LogP contribution in [-0.4, -0.2) is 14.3 Å². The topological polar surface area (TPSA) is 86.5 Å². The van der Waals surface area contributed by atoms with E-state index in [1.165, 1.54) is 12.1 Å². The van der Waals surface area contributed by atoms with Crippen molar-refractivity contribution in [2.45, 2.75) is 13.5 Å². The minimum Gasteiger partial charge on any atom is -0.325 e. The lowest BCUT2D eigenvalue weighted by Crippen LogP contribution is -2.02. The maximum atomic E-state index is 10.9. The van der Waals surface area contributed by atoms with Crippen LogP contribution in [0.2, 0.25) is 0 Å². The van der Waals surface area contributed by atoms with Crippen LogP contribution < -0.4 is 5.73 Å². The Morgan fingerprint density at radius 3 is 2.86 bits per heavy atom. The molecule has 6 nitrogen and oxygen atoms in total. The average molecular weight is 282 g/mol. The van der Waals surface area contributed by atoms with Crippen molar-refractivity contribution in [3.63, 3.8) is 0 Å². The lowest BCUT2D eigenvalue weighted by atomic mass is 10.1. The van der Waals surface area contributed by atoms with E-state index in [0.29, 0.717) is 17.8 Å². The standard InChI is InChI=1S/C15H14N4O2/c1-10-5-6-18-13(9-16)15(17-14(18)7-10)11-3-2-4-12(8-11)19(20)21/h2-8H,9,16H2,1H3. The predicted octanol–water partition coefficient (Wildman–Crippen LogP) is 2.68. The molecular weight excluding hydrogens is 268 g/mol. The van der Waals surface area contributed by atoms with Gasteiger partial charge < -0.3 is 10.1 Å². The molecule has 2 aromatic heterocycles. The van der Waals surface area contributed by atoms with Crippen LogP contribution in [0.25, 0.3) is 16.9 Å². The lowest BCUT2D eigenvalue weighted by molar-refractivity contribution is -0.384. The molecule has 0 amide bonds. The summed E-state index contributed by atoms with van der Waals surface area (Å²) in [5.41, 5.74) is 10.00. The number of aromatic nitrogens is 2. The molecule has 0 atom stereocenters. The molecule has 6 heteroatoms. The minimum atomic E-state index is -0.411. The first kappa shape index (κ1) is 13.3. The Morgan fingerprint density at radius 2 is 2.14 bits per heavy atom. The molecule has 0 saturated carbocycles. The van der Waals surface area contributed by atoms with Gasteiger partial charge in [-0.2, -0.15) is 0 Å². The summed E-state index contributed by atoms with van der Waals surface area (Å²) in [7, 11) is 0. The fourth-order valence-corrected chi connectivity index (χ4v) is 2.39. The summed E-state index contributed by atoms with van der Waals surface area (Å²) in [5.74, 6) is 0. The van der Waals surface area contributed by atoms with Gasteiger partial charge in [0.25, 0.3) is 5.69 Å². The van der Waals surface area contributed by atoms with Crippen LogP contribution in [0.4, 0.5) is 5.69 Å². The summed E-state index contributed by atoms with van der Waals surface area (Å²) in [5, 5.41) is 10.9. The van der Waals surface area contributed by atoms with E-state index in [0.717, 1.165) is 16.9 Å². The average Bonchev–Trinajstić information content (AvgIpc) is 2.84. The highest BCUT2D eigenvalue weighted by Gasteiger charge is 2.15. The van der Waals surface area contributed by atoms with Gasteiger partial charge in [-0.25, -0.2) is 4.98 Å². The number of nitrogens with two attached hydrogens (primary N) is 1. The molecule has 0 aliphatic carbocycles. The molecule has 0 radical (unpaired) electrons. The lowest BCUT2D eigenvalue weighted by Gasteiger charge is -2.02. The van der Waals surface area contributed by atoms with E-state index >= 15 is 0 Å². The van der Waals surface area contributed by atoms with Crippen LogP contribution >= 0.6 is 0 Å². The second-order valence-corrected chi connectivity index (χ2v) is 4.85. The summed E-state index contributed by atoms with van der Waals surface area (Å²) in [6.07, 6.45) is 1.92. The second-order valence-electron chi connectivity index (χ2n) is 4.85. The summed E-state index contributed by atoms with van der Waals surface area (Å²) in [6.45, 7) is 2.30. The Morgan fingerprint density at radius 1 is 1.33 bits per heavy atom. The molecule has 1 aromatic carbocycles. The molecule has 0 saturated heterocycles. The van der Waals surface area contributed by atoms with E-state index in [-0.39, 0.29) is 5.69 Å². The van der Waals surface area contributed by atoms with Crippen LogP contribution in [0.5, 0.6) is 0 Å². The van der Waals surface area contributed by atoms with Crippen LogP contribution in [0.1, 0.15) is 11.3 Å². The highest BCUT2D eigenvalue weighted by atomic mass is 16.6. The Labute approximate surface area is 121 Å². The van der Waals surface area contributed by atoms with Crippen molar-refractivity contribution in [3.8, 4) is 11.3 Å². The maximum Gasteiger partial charge on any atom is 0.270 e. The number of hydrogen-bond donors (Lipinski definition) is 1. The zero-order chi connectivity index (χ0) is 15.0. The van der Waals surface area contributed by atoms with E-state index in [1.54, 1.807) is 12.1 Å². The summed E-state index contributed by atoms with van der Waals surface area (Å²) >= 11 is 0. The van der Waals surface area contributed by atoms with Crippen LogP contribution in [0.3, 0.4) is 0 Å². The quantitative estimate of drug-likeness (QED) is 0.591. The van der Waals surface area contributed by atoms with Gasteiger partial charge in [0.1, 0.15) is 5.65 Å². The van der Waals surface area contributed by atoms with E-state index < -0.39 is 4.92 Å². The maximum absolute atomic E-state index is 10.9. The highest BCUT2D eigenvalue weighted by molar-refractivity contribution is 5.68. The molecule has 2 heterocycles. The molecule has 21 heavy (non-hydrogen) atoms. The molecule has 2 N–H and O–H groups in total. The first-order valence-electron chi connectivity index (χ1n) is 6.52. The number of pyridine rings is 1.